The average Bonchev–Trinajstić information content (AvgIpc) is 2.85. The maximum atomic E-state index is 5.91. The normalized spacial score (nSPS) is 12.9. The first-order valence-corrected chi connectivity index (χ1v) is 8.54. The van der Waals surface area contributed by atoms with Crippen LogP contribution in [0.2, 0.25) is 0 Å². The summed E-state index contributed by atoms with van der Waals surface area (Å²) < 4.78 is 2.40. The van der Waals surface area contributed by atoms with Gasteiger partial charge in [-0.3, -0.25) is 0 Å². The van der Waals surface area contributed by atoms with Crippen LogP contribution in [0.15, 0.2) is 30.5 Å². The van der Waals surface area contributed by atoms with E-state index in [1.165, 1.54) is 55.0 Å². The molecule has 0 amide bonds. The third kappa shape index (κ3) is 4.89. The van der Waals surface area contributed by atoms with Gasteiger partial charge in [-0.25, -0.2) is 0 Å². The molecule has 116 valence electrons. The summed E-state index contributed by atoms with van der Waals surface area (Å²) >= 11 is 0. The summed E-state index contributed by atoms with van der Waals surface area (Å²) in [6.45, 7) is 5.47. The molecule has 0 saturated heterocycles. The second-order valence-corrected chi connectivity index (χ2v) is 6.35. The van der Waals surface area contributed by atoms with E-state index in [-0.39, 0.29) is 6.04 Å². The van der Waals surface area contributed by atoms with Crippen molar-refractivity contribution in [2.75, 3.05) is 0 Å². The highest BCUT2D eigenvalue weighted by molar-refractivity contribution is 5.80. The summed E-state index contributed by atoms with van der Waals surface area (Å²) in [6, 6.07) is 9.20. The first-order chi connectivity index (χ1) is 10.2. The van der Waals surface area contributed by atoms with E-state index in [9.17, 15) is 0 Å². The second kappa shape index (κ2) is 8.23. The first kappa shape index (κ1) is 16.1. The number of unbranched alkanes of at least 4 members (excludes halogenated alkanes) is 5. The summed E-state index contributed by atoms with van der Waals surface area (Å²) in [7, 11) is 0. The van der Waals surface area contributed by atoms with Crippen LogP contribution < -0.4 is 5.73 Å². The van der Waals surface area contributed by atoms with Crippen LogP contribution >= 0.6 is 0 Å². The summed E-state index contributed by atoms with van der Waals surface area (Å²) in [5.74, 6) is 0. The molecule has 2 aromatic rings. The van der Waals surface area contributed by atoms with Gasteiger partial charge in [0.2, 0.25) is 0 Å². The molecule has 0 aliphatic heterocycles. The Kier molecular flexibility index (Phi) is 6.31. The molecule has 0 bridgehead atoms. The lowest BCUT2D eigenvalue weighted by molar-refractivity contribution is 0.565. The quantitative estimate of drug-likeness (QED) is 0.654. The van der Waals surface area contributed by atoms with Crippen molar-refractivity contribution in [3.05, 3.63) is 36.0 Å². The van der Waals surface area contributed by atoms with Gasteiger partial charge in [0.15, 0.2) is 0 Å². The molecule has 2 N–H and O–H groups in total. The summed E-state index contributed by atoms with van der Waals surface area (Å²) in [6.07, 6.45) is 11.3. The van der Waals surface area contributed by atoms with Crippen LogP contribution in [0, 0.1) is 0 Å². The highest BCUT2D eigenvalue weighted by atomic mass is 14.9. The summed E-state index contributed by atoms with van der Waals surface area (Å²) in [5, 5.41) is 1.34. The Hall–Kier alpha value is -1.28. The highest BCUT2D eigenvalue weighted by Gasteiger charge is 2.04. The molecule has 1 heterocycles. The number of hydrogen-bond donors (Lipinski definition) is 1. The Bertz CT molecular complexity index is 539. The molecular weight excluding hydrogens is 256 g/mol. The number of aryl methyl sites for hydroxylation is 1. The van der Waals surface area contributed by atoms with Gasteiger partial charge >= 0.3 is 0 Å². The number of nitrogens with zero attached hydrogens (tertiary/aromatic N) is 1. The fraction of sp³-hybridized carbons (Fsp3) is 0.579. The standard InChI is InChI=1S/C19H30N2/c1-3-4-5-6-7-8-12-21-13-11-18-10-9-17(14-16(2)20)15-19(18)21/h9-11,13,15-16H,3-8,12,14,20H2,1-2H3. The van der Waals surface area contributed by atoms with Crippen molar-refractivity contribution >= 4 is 10.9 Å². The molecule has 21 heavy (non-hydrogen) atoms. The smallest absolute Gasteiger partial charge is 0.0483 e. The fourth-order valence-electron chi connectivity index (χ4n) is 2.99. The Morgan fingerprint density at radius 3 is 2.57 bits per heavy atom. The van der Waals surface area contributed by atoms with E-state index < -0.39 is 0 Å². The van der Waals surface area contributed by atoms with Crippen LogP contribution in [-0.2, 0) is 13.0 Å². The lowest BCUT2D eigenvalue weighted by Gasteiger charge is -2.09. The maximum absolute atomic E-state index is 5.91. The van der Waals surface area contributed by atoms with Gasteiger partial charge in [-0.2, -0.15) is 0 Å². The van der Waals surface area contributed by atoms with Crippen molar-refractivity contribution in [2.45, 2.75) is 71.4 Å². The third-order valence-corrected chi connectivity index (χ3v) is 4.15. The van der Waals surface area contributed by atoms with E-state index >= 15 is 0 Å². The number of benzene rings is 1. The number of fused-ring (bicyclic) bond motifs is 1. The summed E-state index contributed by atoms with van der Waals surface area (Å²) in [5.41, 5.74) is 8.62. The molecule has 0 fully saturated rings. The Balaban J connectivity index is 1.93. The average molecular weight is 286 g/mol. The van der Waals surface area contributed by atoms with Gasteiger partial charge in [-0.05, 0) is 42.8 Å². The lowest BCUT2D eigenvalue weighted by atomic mass is 10.1. The molecule has 1 aromatic carbocycles. The van der Waals surface area contributed by atoms with Crippen molar-refractivity contribution in [2.24, 2.45) is 5.73 Å². The van der Waals surface area contributed by atoms with Gasteiger partial charge in [-0.1, -0.05) is 51.2 Å². The zero-order valence-corrected chi connectivity index (χ0v) is 13.6. The minimum atomic E-state index is 0.226. The minimum absolute atomic E-state index is 0.226. The van der Waals surface area contributed by atoms with Crippen LogP contribution in [0.4, 0.5) is 0 Å². The molecule has 1 unspecified atom stereocenters. The number of aromatic nitrogens is 1. The van der Waals surface area contributed by atoms with Crippen molar-refractivity contribution < 1.29 is 0 Å². The van der Waals surface area contributed by atoms with Gasteiger partial charge in [0, 0.05) is 24.3 Å². The van der Waals surface area contributed by atoms with Gasteiger partial charge in [-0.15, -0.1) is 0 Å². The second-order valence-electron chi connectivity index (χ2n) is 6.35. The summed E-state index contributed by atoms with van der Waals surface area (Å²) in [4.78, 5) is 0. The zero-order chi connectivity index (χ0) is 15.1. The number of nitrogens with two attached hydrogens (primary N) is 1. The molecule has 2 heteroatoms. The molecule has 0 aliphatic rings. The molecule has 2 nitrogen and oxygen atoms in total. The third-order valence-electron chi connectivity index (χ3n) is 4.15. The van der Waals surface area contributed by atoms with E-state index in [0.717, 1.165) is 13.0 Å². The fourth-order valence-corrected chi connectivity index (χ4v) is 2.99. The lowest BCUT2D eigenvalue weighted by Crippen LogP contribution is -2.17. The Labute approximate surface area is 129 Å². The maximum Gasteiger partial charge on any atom is 0.0483 e. The van der Waals surface area contributed by atoms with Crippen molar-refractivity contribution in [1.82, 2.24) is 4.57 Å². The van der Waals surface area contributed by atoms with Gasteiger partial charge in [0.05, 0.1) is 0 Å². The molecule has 0 radical (unpaired) electrons. The van der Waals surface area contributed by atoms with Crippen molar-refractivity contribution in [3.63, 3.8) is 0 Å². The highest BCUT2D eigenvalue weighted by Crippen LogP contribution is 2.19. The SMILES string of the molecule is CCCCCCCCn1ccc2ccc(CC(C)N)cc21. The molecule has 0 aliphatic carbocycles. The van der Waals surface area contributed by atoms with E-state index in [2.05, 4.69) is 48.9 Å². The van der Waals surface area contributed by atoms with Crippen LogP contribution in [0.3, 0.4) is 0 Å². The zero-order valence-electron chi connectivity index (χ0n) is 13.6. The largest absolute Gasteiger partial charge is 0.347 e. The predicted octanol–water partition coefficient (Wildman–Crippen LogP) is 4.89. The molecule has 1 atom stereocenters. The van der Waals surface area contributed by atoms with E-state index in [4.69, 9.17) is 5.73 Å². The monoisotopic (exact) mass is 286 g/mol. The molecule has 1 aromatic heterocycles. The van der Waals surface area contributed by atoms with Crippen molar-refractivity contribution in [3.8, 4) is 0 Å². The van der Waals surface area contributed by atoms with Gasteiger partial charge < -0.3 is 10.3 Å². The van der Waals surface area contributed by atoms with E-state index in [1.54, 1.807) is 0 Å². The molecular formula is C19H30N2. The number of rotatable bonds is 9. The van der Waals surface area contributed by atoms with E-state index in [1.807, 2.05) is 0 Å². The molecule has 2 rings (SSSR count). The van der Waals surface area contributed by atoms with Crippen LogP contribution in [0.25, 0.3) is 10.9 Å². The topological polar surface area (TPSA) is 30.9 Å². The van der Waals surface area contributed by atoms with Crippen LogP contribution in [0.1, 0.15) is 57.9 Å². The van der Waals surface area contributed by atoms with Crippen LogP contribution in [-0.4, -0.2) is 10.6 Å². The number of hydrogen-bond acceptors (Lipinski definition) is 1. The van der Waals surface area contributed by atoms with Gasteiger partial charge in [0.1, 0.15) is 0 Å². The van der Waals surface area contributed by atoms with E-state index in [0.29, 0.717) is 0 Å². The van der Waals surface area contributed by atoms with Crippen molar-refractivity contribution in [1.29, 1.82) is 0 Å². The first-order valence-electron chi connectivity index (χ1n) is 8.54. The van der Waals surface area contributed by atoms with Crippen LogP contribution in [0.5, 0.6) is 0 Å². The Morgan fingerprint density at radius 2 is 1.81 bits per heavy atom. The molecule has 0 saturated carbocycles. The van der Waals surface area contributed by atoms with Gasteiger partial charge in [0.25, 0.3) is 0 Å². The predicted molar refractivity (Wildman–Crippen MR) is 92.7 cm³/mol. The Morgan fingerprint density at radius 1 is 1.05 bits per heavy atom. The molecule has 0 spiro atoms. The minimum Gasteiger partial charge on any atom is -0.347 e.